The first kappa shape index (κ1) is 13.9. The summed E-state index contributed by atoms with van der Waals surface area (Å²) in [4.78, 5) is 11.8. The number of nitrogens with two attached hydrogens (primary N) is 1. The van der Waals surface area contributed by atoms with Gasteiger partial charge in [0.2, 0.25) is 0 Å². The van der Waals surface area contributed by atoms with Crippen LogP contribution in [0.2, 0.25) is 0 Å². The minimum Gasteiger partial charge on any atom is -0.481 e. The molecule has 2 atom stereocenters. The molecule has 0 aliphatic heterocycles. The van der Waals surface area contributed by atoms with Gasteiger partial charge in [-0.15, -0.1) is 0 Å². The molecule has 0 saturated heterocycles. The number of carbonyl (C=O) groups excluding carboxylic acids is 1. The topological polar surface area (TPSA) is 64.3 Å². The predicted octanol–water partition coefficient (Wildman–Crippen LogP) is 1.92. The van der Waals surface area contributed by atoms with E-state index in [0.717, 1.165) is 18.6 Å². The van der Waals surface area contributed by atoms with Gasteiger partial charge in [-0.1, -0.05) is 6.07 Å². The van der Waals surface area contributed by atoms with Crippen molar-refractivity contribution in [1.82, 2.24) is 5.32 Å². The number of carbonyl (C=O) groups is 1. The minimum atomic E-state index is -0.490. The number of fused-ring (bicyclic) bond motifs is 1. The summed E-state index contributed by atoms with van der Waals surface area (Å²) in [6.07, 6.45) is 1.48. The molecule has 1 unspecified atom stereocenters. The number of rotatable bonds is 4. The highest BCUT2D eigenvalue weighted by molar-refractivity contribution is 5.80. The number of amides is 1. The molecule has 0 radical (unpaired) electrons. The third-order valence-electron chi connectivity index (χ3n) is 3.35. The van der Waals surface area contributed by atoms with Crippen LogP contribution in [0.1, 0.15) is 44.4 Å². The lowest BCUT2D eigenvalue weighted by atomic mass is 10.1. The van der Waals surface area contributed by atoms with Gasteiger partial charge in [0, 0.05) is 12.1 Å². The molecule has 1 aliphatic rings. The van der Waals surface area contributed by atoms with Gasteiger partial charge in [-0.3, -0.25) is 4.79 Å². The molecule has 0 spiro atoms. The Balaban J connectivity index is 2.02. The molecular formula is C15H22N2O2. The molecule has 3 N–H and O–H groups in total. The van der Waals surface area contributed by atoms with Crippen LogP contribution in [-0.2, 0) is 11.2 Å². The lowest BCUT2D eigenvalue weighted by Gasteiger charge is -2.17. The van der Waals surface area contributed by atoms with Crippen molar-refractivity contribution < 1.29 is 9.53 Å². The Bertz CT molecular complexity index is 471. The van der Waals surface area contributed by atoms with E-state index in [0.29, 0.717) is 0 Å². The number of hydrogen-bond donors (Lipinski definition) is 2. The van der Waals surface area contributed by atoms with Crippen molar-refractivity contribution in [3.8, 4) is 5.75 Å². The first-order valence-electron chi connectivity index (χ1n) is 6.83. The van der Waals surface area contributed by atoms with Crippen LogP contribution in [0.25, 0.3) is 0 Å². The molecule has 1 aromatic rings. The normalized spacial score (nSPS) is 19.1. The fraction of sp³-hybridized carbons (Fsp3) is 0.533. The smallest absolute Gasteiger partial charge is 0.260 e. The van der Waals surface area contributed by atoms with Gasteiger partial charge in [0.25, 0.3) is 5.91 Å². The summed E-state index contributed by atoms with van der Waals surface area (Å²) >= 11 is 0. The van der Waals surface area contributed by atoms with E-state index in [4.69, 9.17) is 10.5 Å². The molecule has 0 saturated carbocycles. The van der Waals surface area contributed by atoms with Crippen molar-refractivity contribution >= 4 is 5.91 Å². The SMILES string of the molecule is CC(C)NC(=O)C(C)Oc1ccc2c(c1)CC[C@H]2N. The van der Waals surface area contributed by atoms with Crippen molar-refractivity contribution in [2.24, 2.45) is 5.73 Å². The number of benzene rings is 1. The van der Waals surface area contributed by atoms with E-state index < -0.39 is 6.10 Å². The summed E-state index contributed by atoms with van der Waals surface area (Å²) < 4.78 is 5.68. The van der Waals surface area contributed by atoms with Gasteiger partial charge in [0.15, 0.2) is 6.10 Å². The van der Waals surface area contributed by atoms with Crippen LogP contribution in [0.4, 0.5) is 0 Å². The Kier molecular flexibility index (Phi) is 4.10. The average Bonchev–Trinajstić information content (AvgIpc) is 2.70. The molecule has 0 fully saturated rings. The summed E-state index contributed by atoms with van der Waals surface area (Å²) in [5.41, 5.74) is 8.43. The standard InChI is InChI=1S/C15H22N2O2/c1-9(2)17-15(18)10(3)19-12-5-6-13-11(8-12)4-7-14(13)16/h5-6,8-10,14H,4,7,16H2,1-3H3,(H,17,18)/t10?,14-/m1/s1. The van der Waals surface area contributed by atoms with Crippen LogP contribution in [0, 0.1) is 0 Å². The van der Waals surface area contributed by atoms with E-state index in [-0.39, 0.29) is 18.0 Å². The highest BCUT2D eigenvalue weighted by Gasteiger charge is 2.20. The number of hydrogen-bond acceptors (Lipinski definition) is 3. The fourth-order valence-corrected chi connectivity index (χ4v) is 2.36. The van der Waals surface area contributed by atoms with E-state index >= 15 is 0 Å². The molecule has 104 valence electrons. The second-order valence-electron chi connectivity index (χ2n) is 5.43. The van der Waals surface area contributed by atoms with Crippen LogP contribution in [0.15, 0.2) is 18.2 Å². The van der Waals surface area contributed by atoms with E-state index in [1.54, 1.807) is 6.92 Å². The van der Waals surface area contributed by atoms with Gasteiger partial charge in [0.1, 0.15) is 5.75 Å². The number of aryl methyl sites for hydroxylation is 1. The first-order chi connectivity index (χ1) is 8.97. The maximum absolute atomic E-state index is 11.8. The highest BCUT2D eigenvalue weighted by Crippen LogP contribution is 2.32. The van der Waals surface area contributed by atoms with Gasteiger partial charge in [0.05, 0.1) is 0 Å². The lowest BCUT2D eigenvalue weighted by Crippen LogP contribution is -2.40. The van der Waals surface area contributed by atoms with Gasteiger partial charge < -0.3 is 15.8 Å². The van der Waals surface area contributed by atoms with Crippen molar-refractivity contribution in [1.29, 1.82) is 0 Å². The minimum absolute atomic E-state index is 0.0906. The summed E-state index contributed by atoms with van der Waals surface area (Å²) in [7, 11) is 0. The van der Waals surface area contributed by atoms with Crippen LogP contribution in [0.5, 0.6) is 5.75 Å². The number of nitrogens with one attached hydrogen (secondary N) is 1. The van der Waals surface area contributed by atoms with Crippen molar-refractivity contribution in [3.05, 3.63) is 29.3 Å². The van der Waals surface area contributed by atoms with Gasteiger partial charge in [-0.2, -0.15) is 0 Å². The maximum Gasteiger partial charge on any atom is 0.260 e. The Labute approximate surface area is 114 Å². The molecule has 1 amide bonds. The summed E-state index contributed by atoms with van der Waals surface area (Å²) in [6.45, 7) is 5.62. The van der Waals surface area contributed by atoms with Crippen molar-refractivity contribution in [2.75, 3.05) is 0 Å². The van der Waals surface area contributed by atoms with Gasteiger partial charge in [-0.25, -0.2) is 0 Å². The Morgan fingerprint density at radius 1 is 1.42 bits per heavy atom. The van der Waals surface area contributed by atoms with Crippen LogP contribution in [0.3, 0.4) is 0 Å². The van der Waals surface area contributed by atoms with Crippen LogP contribution >= 0.6 is 0 Å². The Morgan fingerprint density at radius 3 is 2.84 bits per heavy atom. The molecule has 4 heteroatoms. The second-order valence-corrected chi connectivity index (χ2v) is 5.43. The van der Waals surface area contributed by atoms with E-state index in [1.165, 1.54) is 11.1 Å². The maximum atomic E-state index is 11.8. The fourth-order valence-electron chi connectivity index (χ4n) is 2.36. The summed E-state index contributed by atoms with van der Waals surface area (Å²) in [5, 5.41) is 2.84. The van der Waals surface area contributed by atoms with Crippen molar-refractivity contribution in [2.45, 2.75) is 51.8 Å². The summed E-state index contributed by atoms with van der Waals surface area (Å²) in [6, 6.07) is 6.17. The quantitative estimate of drug-likeness (QED) is 0.871. The van der Waals surface area contributed by atoms with E-state index in [2.05, 4.69) is 5.32 Å². The molecule has 1 aromatic carbocycles. The largest absolute Gasteiger partial charge is 0.481 e. The molecular weight excluding hydrogens is 240 g/mol. The molecule has 1 aliphatic carbocycles. The van der Waals surface area contributed by atoms with Crippen LogP contribution in [-0.4, -0.2) is 18.1 Å². The molecule has 4 nitrogen and oxygen atoms in total. The van der Waals surface area contributed by atoms with E-state index in [9.17, 15) is 4.79 Å². The number of ether oxygens (including phenoxy) is 1. The third kappa shape index (κ3) is 3.26. The molecule has 19 heavy (non-hydrogen) atoms. The Morgan fingerprint density at radius 2 is 2.16 bits per heavy atom. The molecule has 0 bridgehead atoms. The molecule has 0 aromatic heterocycles. The van der Waals surface area contributed by atoms with Gasteiger partial charge >= 0.3 is 0 Å². The Hall–Kier alpha value is -1.55. The van der Waals surface area contributed by atoms with Gasteiger partial charge in [-0.05, 0) is 56.9 Å². The first-order valence-corrected chi connectivity index (χ1v) is 6.83. The molecule has 2 rings (SSSR count). The third-order valence-corrected chi connectivity index (χ3v) is 3.35. The van der Waals surface area contributed by atoms with Crippen molar-refractivity contribution in [3.63, 3.8) is 0 Å². The average molecular weight is 262 g/mol. The lowest BCUT2D eigenvalue weighted by molar-refractivity contribution is -0.127. The second kappa shape index (κ2) is 5.61. The zero-order valence-corrected chi connectivity index (χ0v) is 11.8. The summed E-state index contributed by atoms with van der Waals surface area (Å²) in [5.74, 6) is 0.645. The monoisotopic (exact) mass is 262 g/mol. The molecule has 0 heterocycles. The highest BCUT2D eigenvalue weighted by atomic mass is 16.5. The zero-order chi connectivity index (χ0) is 14.0. The zero-order valence-electron chi connectivity index (χ0n) is 11.8. The predicted molar refractivity (Wildman–Crippen MR) is 75.1 cm³/mol. The van der Waals surface area contributed by atoms with E-state index in [1.807, 2.05) is 32.0 Å². The van der Waals surface area contributed by atoms with Crippen LogP contribution < -0.4 is 15.8 Å².